The summed E-state index contributed by atoms with van der Waals surface area (Å²) in [6.45, 7) is 0. The number of hydrogen-bond acceptors (Lipinski definition) is 3. The molecule has 2 aliphatic heterocycles. The first-order valence-corrected chi connectivity index (χ1v) is 6.58. The lowest BCUT2D eigenvalue weighted by molar-refractivity contribution is -0.155. The SMILES string of the molecule is CN1C(=O)C2CCC1([C@H](N)c1ccncc1)CC2. The Bertz CT molecular complexity index is 451. The zero-order valence-electron chi connectivity index (χ0n) is 10.7. The zero-order chi connectivity index (χ0) is 12.8. The summed E-state index contributed by atoms with van der Waals surface area (Å²) in [6, 6.07) is 3.80. The Kier molecular flexibility index (Phi) is 2.63. The first-order chi connectivity index (χ1) is 8.65. The van der Waals surface area contributed by atoms with Crippen LogP contribution in [0.15, 0.2) is 24.5 Å². The summed E-state index contributed by atoms with van der Waals surface area (Å²) in [5.74, 6) is 0.513. The van der Waals surface area contributed by atoms with E-state index in [1.807, 2.05) is 24.1 Å². The number of likely N-dealkylation sites (N-methyl/N-ethyl adjacent to an activating group) is 1. The fraction of sp³-hybridized carbons (Fsp3) is 0.571. The van der Waals surface area contributed by atoms with Crippen LogP contribution in [0.25, 0.3) is 0 Å². The number of hydrogen-bond donors (Lipinski definition) is 1. The fourth-order valence-corrected chi connectivity index (χ4v) is 3.59. The number of pyridine rings is 1. The number of carbonyl (C=O) groups excluding carboxylic acids is 1. The number of carbonyl (C=O) groups is 1. The zero-order valence-corrected chi connectivity index (χ0v) is 10.7. The average Bonchev–Trinajstić information content (AvgIpc) is 2.45. The predicted octanol–water partition coefficient (Wildman–Crippen LogP) is 1.48. The fourth-order valence-electron chi connectivity index (χ4n) is 3.59. The van der Waals surface area contributed by atoms with Crippen LogP contribution in [0.2, 0.25) is 0 Å². The smallest absolute Gasteiger partial charge is 0.225 e. The van der Waals surface area contributed by atoms with Crippen molar-refractivity contribution < 1.29 is 4.79 Å². The van der Waals surface area contributed by atoms with Crippen molar-refractivity contribution >= 4 is 5.91 Å². The van der Waals surface area contributed by atoms with Crippen LogP contribution in [0.3, 0.4) is 0 Å². The van der Waals surface area contributed by atoms with Gasteiger partial charge < -0.3 is 10.6 Å². The molecule has 3 aliphatic rings. The predicted molar refractivity (Wildman–Crippen MR) is 68.6 cm³/mol. The first-order valence-electron chi connectivity index (χ1n) is 6.58. The van der Waals surface area contributed by atoms with Crippen molar-refractivity contribution in [3.63, 3.8) is 0 Å². The van der Waals surface area contributed by atoms with Gasteiger partial charge in [0.1, 0.15) is 0 Å². The van der Waals surface area contributed by atoms with Crippen LogP contribution in [0.5, 0.6) is 0 Å². The molecular weight excluding hydrogens is 226 g/mol. The topological polar surface area (TPSA) is 59.2 Å². The number of nitrogens with zero attached hydrogens (tertiary/aromatic N) is 2. The Hall–Kier alpha value is -1.42. The molecule has 4 rings (SSSR count). The molecule has 0 unspecified atom stereocenters. The highest BCUT2D eigenvalue weighted by molar-refractivity contribution is 5.81. The van der Waals surface area contributed by atoms with Crippen molar-refractivity contribution in [3.05, 3.63) is 30.1 Å². The molecule has 3 heterocycles. The second kappa shape index (κ2) is 4.05. The van der Waals surface area contributed by atoms with Crippen LogP contribution >= 0.6 is 0 Å². The Morgan fingerprint density at radius 3 is 2.61 bits per heavy atom. The van der Waals surface area contributed by atoms with Gasteiger partial charge in [0.2, 0.25) is 5.91 Å². The van der Waals surface area contributed by atoms with E-state index in [2.05, 4.69) is 4.98 Å². The summed E-state index contributed by atoms with van der Waals surface area (Å²) < 4.78 is 0. The Morgan fingerprint density at radius 2 is 2.00 bits per heavy atom. The second-order valence-corrected chi connectivity index (χ2v) is 5.53. The number of piperidine rings is 2. The van der Waals surface area contributed by atoms with Crippen molar-refractivity contribution in [2.75, 3.05) is 7.05 Å². The first kappa shape index (κ1) is 11.7. The molecule has 18 heavy (non-hydrogen) atoms. The summed E-state index contributed by atoms with van der Waals surface area (Å²) in [6.07, 6.45) is 7.54. The molecule has 2 saturated heterocycles. The highest BCUT2D eigenvalue weighted by Gasteiger charge is 2.52. The van der Waals surface area contributed by atoms with Gasteiger partial charge in [0.15, 0.2) is 0 Å². The standard InChI is InChI=1S/C14H19N3O/c1-17-13(18)11-2-6-14(17,7-3-11)12(15)10-4-8-16-9-5-10/h4-5,8-9,11-12H,2-3,6-7,15H2,1H3/t11?,12-,14?/m1/s1. The molecule has 1 saturated carbocycles. The van der Waals surface area contributed by atoms with Crippen LogP contribution in [0.1, 0.15) is 37.3 Å². The minimum absolute atomic E-state index is 0.115. The van der Waals surface area contributed by atoms with Crippen LogP contribution in [-0.2, 0) is 4.79 Å². The highest BCUT2D eigenvalue weighted by atomic mass is 16.2. The normalized spacial score (nSPS) is 32.7. The van der Waals surface area contributed by atoms with Gasteiger partial charge in [-0.2, -0.15) is 0 Å². The Labute approximate surface area is 107 Å². The molecule has 3 fully saturated rings. The number of nitrogens with two attached hydrogens (primary N) is 1. The molecule has 0 radical (unpaired) electrons. The van der Waals surface area contributed by atoms with Crippen molar-refractivity contribution in [1.29, 1.82) is 0 Å². The third-order valence-electron chi connectivity index (χ3n) is 4.84. The third-order valence-corrected chi connectivity index (χ3v) is 4.84. The van der Waals surface area contributed by atoms with E-state index in [1.165, 1.54) is 0 Å². The maximum Gasteiger partial charge on any atom is 0.225 e. The van der Waals surface area contributed by atoms with Crippen LogP contribution in [0.4, 0.5) is 0 Å². The van der Waals surface area contributed by atoms with Gasteiger partial charge in [-0.25, -0.2) is 0 Å². The molecule has 2 bridgehead atoms. The van der Waals surface area contributed by atoms with E-state index >= 15 is 0 Å². The third kappa shape index (κ3) is 1.48. The van der Waals surface area contributed by atoms with Crippen molar-refractivity contribution in [1.82, 2.24) is 9.88 Å². The van der Waals surface area contributed by atoms with Gasteiger partial charge in [0, 0.05) is 25.4 Å². The Balaban J connectivity index is 1.96. The molecular formula is C14H19N3O. The van der Waals surface area contributed by atoms with Crippen molar-refractivity contribution in [2.24, 2.45) is 11.7 Å². The second-order valence-electron chi connectivity index (χ2n) is 5.53. The van der Waals surface area contributed by atoms with Gasteiger partial charge in [-0.15, -0.1) is 0 Å². The van der Waals surface area contributed by atoms with Gasteiger partial charge in [0.25, 0.3) is 0 Å². The average molecular weight is 245 g/mol. The van der Waals surface area contributed by atoms with Crippen molar-refractivity contribution in [2.45, 2.75) is 37.3 Å². The minimum Gasteiger partial charge on any atom is -0.338 e. The summed E-state index contributed by atoms with van der Waals surface area (Å²) in [4.78, 5) is 18.1. The van der Waals surface area contributed by atoms with Gasteiger partial charge >= 0.3 is 0 Å². The van der Waals surface area contributed by atoms with E-state index < -0.39 is 0 Å². The van der Waals surface area contributed by atoms with Crippen LogP contribution < -0.4 is 5.73 Å². The van der Waals surface area contributed by atoms with Gasteiger partial charge in [0.05, 0.1) is 11.6 Å². The molecule has 96 valence electrons. The summed E-state index contributed by atoms with van der Waals surface area (Å²) in [5, 5.41) is 0. The lowest BCUT2D eigenvalue weighted by Crippen LogP contribution is -2.63. The lowest BCUT2D eigenvalue weighted by atomic mass is 9.66. The molecule has 4 heteroatoms. The molecule has 1 amide bonds. The number of aromatic nitrogens is 1. The summed E-state index contributed by atoms with van der Waals surface area (Å²) in [5.41, 5.74) is 7.36. The van der Waals surface area contributed by atoms with E-state index in [9.17, 15) is 4.79 Å². The molecule has 2 N–H and O–H groups in total. The summed E-state index contributed by atoms with van der Waals surface area (Å²) in [7, 11) is 1.91. The lowest BCUT2D eigenvalue weighted by Gasteiger charge is -2.55. The maximum absolute atomic E-state index is 12.2. The van der Waals surface area contributed by atoms with E-state index in [1.54, 1.807) is 12.4 Å². The maximum atomic E-state index is 12.2. The molecule has 0 spiro atoms. The quantitative estimate of drug-likeness (QED) is 0.858. The molecule has 4 nitrogen and oxygen atoms in total. The largest absolute Gasteiger partial charge is 0.338 e. The van der Waals surface area contributed by atoms with Gasteiger partial charge in [-0.1, -0.05) is 0 Å². The van der Waals surface area contributed by atoms with Gasteiger partial charge in [-0.3, -0.25) is 9.78 Å². The molecule has 1 aromatic rings. The van der Waals surface area contributed by atoms with E-state index in [0.717, 1.165) is 31.2 Å². The van der Waals surface area contributed by atoms with E-state index in [4.69, 9.17) is 5.73 Å². The van der Waals surface area contributed by atoms with Crippen molar-refractivity contribution in [3.8, 4) is 0 Å². The summed E-state index contributed by atoms with van der Waals surface area (Å²) >= 11 is 0. The molecule has 1 aromatic heterocycles. The molecule has 1 atom stereocenters. The van der Waals surface area contributed by atoms with Crippen LogP contribution in [0, 0.1) is 5.92 Å². The number of amides is 1. The molecule has 0 aromatic carbocycles. The van der Waals surface area contributed by atoms with Crippen LogP contribution in [-0.4, -0.2) is 28.4 Å². The minimum atomic E-state index is -0.187. The highest BCUT2D eigenvalue weighted by Crippen LogP contribution is 2.48. The van der Waals surface area contributed by atoms with Gasteiger partial charge in [-0.05, 0) is 43.4 Å². The number of rotatable bonds is 2. The monoisotopic (exact) mass is 245 g/mol. The van der Waals surface area contributed by atoms with E-state index in [0.29, 0.717) is 0 Å². The number of fused-ring (bicyclic) bond motifs is 3. The molecule has 1 aliphatic carbocycles. The Morgan fingerprint density at radius 1 is 1.39 bits per heavy atom. The van der Waals surface area contributed by atoms with E-state index in [-0.39, 0.29) is 23.4 Å².